The Morgan fingerprint density at radius 2 is 1.97 bits per heavy atom. The van der Waals surface area contributed by atoms with Crippen molar-refractivity contribution < 1.29 is 31.5 Å². The number of nitrogens with one attached hydrogen (secondary N) is 2. The van der Waals surface area contributed by atoms with Crippen molar-refractivity contribution in [2.45, 2.75) is 18.4 Å². The number of alkyl halides is 2. The maximum absolute atomic E-state index is 12.7. The molecule has 0 bridgehead atoms. The minimum atomic E-state index is -4.10. The van der Waals surface area contributed by atoms with Crippen molar-refractivity contribution in [2.24, 2.45) is 0 Å². The third-order valence-corrected chi connectivity index (χ3v) is 6.70. The van der Waals surface area contributed by atoms with Gasteiger partial charge >= 0.3 is 6.61 Å². The number of carbonyl (C=O) groups is 2. The Bertz CT molecular complexity index is 1090. The van der Waals surface area contributed by atoms with Gasteiger partial charge in [-0.2, -0.15) is 14.0 Å². The van der Waals surface area contributed by atoms with Crippen LogP contribution in [0.5, 0.6) is 5.75 Å². The van der Waals surface area contributed by atoms with E-state index in [1.54, 1.807) is 11.4 Å². The Morgan fingerprint density at radius 3 is 2.58 bits per heavy atom. The van der Waals surface area contributed by atoms with Gasteiger partial charge in [-0.15, -0.1) is 11.3 Å². The minimum Gasteiger partial charge on any atom is -0.435 e. The summed E-state index contributed by atoms with van der Waals surface area (Å²) in [4.78, 5) is 24.8. The molecule has 0 saturated heterocycles. The molecule has 8 nitrogen and oxygen atoms in total. The molecule has 1 aromatic carbocycles. The second-order valence-corrected chi connectivity index (χ2v) is 9.47. The van der Waals surface area contributed by atoms with E-state index in [-0.39, 0.29) is 21.2 Å². The van der Waals surface area contributed by atoms with Gasteiger partial charge in [0.15, 0.2) is 9.84 Å². The number of halogens is 3. The average Bonchev–Trinajstić information content (AvgIpc) is 3.12. The first kappa shape index (κ1) is 24.5. The predicted octanol–water partition coefficient (Wildman–Crippen LogP) is 2.36. The molecular formula is C18H16ClF2N3O5S2. The highest BCUT2D eigenvalue weighted by molar-refractivity contribution is 7.90. The van der Waals surface area contributed by atoms with E-state index in [0.29, 0.717) is 0 Å². The van der Waals surface area contributed by atoms with Crippen molar-refractivity contribution in [3.8, 4) is 11.8 Å². The molecule has 2 aromatic rings. The number of carbonyl (C=O) groups excluding carboxylic acids is 2. The summed E-state index contributed by atoms with van der Waals surface area (Å²) in [6.45, 7) is -3.56. The van der Waals surface area contributed by atoms with Gasteiger partial charge in [0.1, 0.15) is 23.2 Å². The first-order valence-corrected chi connectivity index (χ1v) is 11.6. The van der Waals surface area contributed by atoms with E-state index in [1.165, 1.54) is 30.3 Å². The van der Waals surface area contributed by atoms with Crippen molar-refractivity contribution in [2.75, 3.05) is 12.3 Å². The third kappa shape index (κ3) is 7.46. The predicted molar refractivity (Wildman–Crippen MR) is 110 cm³/mol. The van der Waals surface area contributed by atoms with Gasteiger partial charge in [-0.25, -0.2) is 8.42 Å². The number of hydrogen-bond acceptors (Lipinski definition) is 7. The van der Waals surface area contributed by atoms with Crippen molar-refractivity contribution >= 4 is 44.6 Å². The summed E-state index contributed by atoms with van der Waals surface area (Å²) in [7, 11) is -4.10. The van der Waals surface area contributed by atoms with Crippen molar-refractivity contribution in [1.29, 1.82) is 5.26 Å². The van der Waals surface area contributed by atoms with Crippen molar-refractivity contribution in [1.82, 2.24) is 10.6 Å². The standard InChI is InChI=1S/C18H16ClF2N3O5S2/c19-12-5-8-30-15(12)17(26)24-13(16(25)23-7-6-22)10-31(27,28)9-11-3-1-2-4-14(11)29-18(20)21/h1-5,8,13,18H,7,9-10H2,(H,23,25)(H,24,26)/t13-/m0/s1. The van der Waals surface area contributed by atoms with E-state index < -0.39 is 52.4 Å². The summed E-state index contributed by atoms with van der Waals surface area (Å²) >= 11 is 6.89. The van der Waals surface area contributed by atoms with Crippen LogP contribution in [0.25, 0.3) is 0 Å². The fourth-order valence-electron chi connectivity index (χ4n) is 2.50. The van der Waals surface area contributed by atoms with Gasteiger partial charge in [0.05, 0.1) is 22.6 Å². The smallest absolute Gasteiger partial charge is 0.387 e. The van der Waals surface area contributed by atoms with E-state index in [4.69, 9.17) is 16.9 Å². The topological polar surface area (TPSA) is 125 Å². The van der Waals surface area contributed by atoms with Crippen LogP contribution in [-0.2, 0) is 20.4 Å². The first-order chi connectivity index (χ1) is 14.6. The molecular weight excluding hydrogens is 476 g/mol. The van der Waals surface area contributed by atoms with Crippen LogP contribution in [0.2, 0.25) is 5.02 Å². The van der Waals surface area contributed by atoms with Gasteiger partial charge in [-0.3, -0.25) is 9.59 Å². The number of para-hydroxylation sites is 1. The van der Waals surface area contributed by atoms with Gasteiger partial charge in [0.2, 0.25) is 5.91 Å². The lowest BCUT2D eigenvalue weighted by atomic mass is 10.2. The quantitative estimate of drug-likeness (QED) is 0.491. The number of rotatable bonds is 10. The van der Waals surface area contributed by atoms with E-state index in [2.05, 4.69) is 15.4 Å². The third-order valence-electron chi connectivity index (χ3n) is 3.77. The van der Waals surface area contributed by atoms with Crippen LogP contribution in [0, 0.1) is 11.3 Å². The van der Waals surface area contributed by atoms with Crippen LogP contribution in [0.1, 0.15) is 15.2 Å². The van der Waals surface area contributed by atoms with Gasteiger partial charge in [0, 0.05) is 5.56 Å². The fraction of sp³-hybridized carbons (Fsp3) is 0.278. The Morgan fingerprint density at radius 1 is 1.26 bits per heavy atom. The number of sulfone groups is 1. The van der Waals surface area contributed by atoms with Crippen LogP contribution in [0.15, 0.2) is 35.7 Å². The zero-order valence-corrected chi connectivity index (χ0v) is 18.1. The van der Waals surface area contributed by atoms with Crippen LogP contribution >= 0.6 is 22.9 Å². The number of nitrogens with zero attached hydrogens (tertiary/aromatic N) is 1. The Labute approximate surface area is 185 Å². The number of hydrogen-bond donors (Lipinski definition) is 2. The van der Waals surface area contributed by atoms with Crippen LogP contribution < -0.4 is 15.4 Å². The summed E-state index contributed by atoms with van der Waals surface area (Å²) < 4.78 is 54.9. The minimum absolute atomic E-state index is 0.0355. The first-order valence-electron chi connectivity index (χ1n) is 8.54. The highest BCUT2D eigenvalue weighted by atomic mass is 35.5. The van der Waals surface area contributed by atoms with Crippen molar-refractivity contribution in [3.63, 3.8) is 0 Å². The SMILES string of the molecule is N#CCNC(=O)[C@H](CS(=O)(=O)Cc1ccccc1OC(F)F)NC(=O)c1sccc1Cl. The number of ether oxygens (including phenoxy) is 1. The lowest BCUT2D eigenvalue weighted by molar-refractivity contribution is -0.122. The molecule has 0 fully saturated rings. The van der Waals surface area contributed by atoms with Crippen molar-refractivity contribution in [3.05, 3.63) is 51.2 Å². The monoisotopic (exact) mass is 491 g/mol. The van der Waals surface area contributed by atoms with Crippen LogP contribution in [-0.4, -0.2) is 45.2 Å². The molecule has 0 aliphatic heterocycles. The second-order valence-electron chi connectivity index (χ2n) is 6.04. The molecule has 0 aliphatic carbocycles. The molecule has 1 atom stereocenters. The lowest BCUT2D eigenvalue weighted by Gasteiger charge is -2.18. The number of thiophene rings is 1. The normalized spacial score (nSPS) is 12.1. The summed E-state index contributed by atoms with van der Waals surface area (Å²) in [6, 6.07) is 6.91. The summed E-state index contributed by atoms with van der Waals surface area (Å²) in [5, 5.41) is 14.8. The van der Waals surface area contributed by atoms with E-state index in [9.17, 15) is 26.8 Å². The average molecular weight is 492 g/mol. The van der Waals surface area contributed by atoms with E-state index >= 15 is 0 Å². The maximum Gasteiger partial charge on any atom is 0.387 e. The van der Waals surface area contributed by atoms with E-state index in [1.807, 2.05) is 0 Å². The highest BCUT2D eigenvalue weighted by Crippen LogP contribution is 2.24. The van der Waals surface area contributed by atoms with Gasteiger partial charge < -0.3 is 15.4 Å². The number of benzene rings is 1. The fourth-order valence-corrected chi connectivity index (χ4v) is 5.11. The van der Waals surface area contributed by atoms with Gasteiger partial charge in [0.25, 0.3) is 5.91 Å². The highest BCUT2D eigenvalue weighted by Gasteiger charge is 2.29. The lowest BCUT2D eigenvalue weighted by Crippen LogP contribution is -2.50. The Hall–Kier alpha value is -2.75. The molecule has 0 spiro atoms. The van der Waals surface area contributed by atoms with Gasteiger partial charge in [-0.1, -0.05) is 29.8 Å². The molecule has 31 heavy (non-hydrogen) atoms. The molecule has 1 heterocycles. The largest absolute Gasteiger partial charge is 0.435 e. The number of amides is 2. The summed E-state index contributed by atoms with van der Waals surface area (Å²) in [5.41, 5.74) is -0.0355. The molecule has 166 valence electrons. The molecule has 2 N–H and O–H groups in total. The zero-order valence-electron chi connectivity index (χ0n) is 15.7. The van der Waals surface area contributed by atoms with Crippen LogP contribution in [0.4, 0.5) is 8.78 Å². The molecule has 13 heteroatoms. The van der Waals surface area contributed by atoms with Gasteiger partial charge in [-0.05, 0) is 17.5 Å². The van der Waals surface area contributed by atoms with E-state index in [0.717, 1.165) is 11.3 Å². The Kier molecular flexibility index (Phi) is 8.73. The maximum atomic E-state index is 12.7. The molecule has 2 amide bonds. The molecule has 1 aromatic heterocycles. The molecule has 0 saturated carbocycles. The Balaban J connectivity index is 2.22. The van der Waals surface area contributed by atoms with Crippen LogP contribution in [0.3, 0.4) is 0 Å². The zero-order chi connectivity index (χ0) is 23.0. The molecule has 0 unspecified atom stereocenters. The number of nitriles is 1. The second kappa shape index (κ2) is 11.0. The summed E-state index contributed by atoms with van der Waals surface area (Å²) in [5.74, 6) is -3.55. The molecule has 0 aliphatic rings. The molecule has 2 rings (SSSR count). The summed E-state index contributed by atoms with van der Waals surface area (Å²) in [6.07, 6.45) is 0. The molecule has 0 radical (unpaired) electrons.